The molecule has 20 heavy (non-hydrogen) atoms. The molecule has 0 radical (unpaired) electrons. The van der Waals surface area contributed by atoms with E-state index >= 15 is 0 Å². The summed E-state index contributed by atoms with van der Waals surface area (Å²) in [6.45, 7) is -0.0383. The zero-order valence-electron chi connectivity index (χ0n) is 11.6. The second-order valence-electron chi connectivity index (χ2n) is 5.27. The summed E-state index contributed by atoms with van der Waals surface area (Å²) >= 11 is 0. The SMILES string of the molecule is COc1cccc(CC(=O)N[C@H]2C[C@@H](CO)[C@H](O)C2)c1. The van der Waals surface area contributed by atoms with Gasteiger partial charge in [0, 0.05) is 18.6 Å². The van der Waals surface area contributed by atoms with Crippen LogP contribution in [0.3, 0.4) is 0 Å². The van der Waals surface area contributed by atoms with E-state index in [9.17, 15) is 9.90 Å². The smallest absolute Gasteiger partial charge is 0.224 e. The monoisotopic (exact) mass is 279 g/mol. The molecule has 3 atom stereocenters. The van der Waals surface area contributed by atoms with Crippen molar-refractivity contribution in [3.63, 3.8) is 0 Å². The summed E-state index contributed by atoms with van der Waals surface area (Å²) in [4.78, 5) is 12.0. The normalized spacial score (nSPS) is 25.4. The Labute approximate surface area is 118 Å². The number of nitrogens with one attached hydrogen (secondary N) is 1. The predicted molar refractivity (Wildman–Crippen MR) is 74.4 cm³/mol. The van der Waals surface area contributed by atoms with Crippen LogP contribution >= 0.6 is 0 Å². The van der Waals surface area contributed by atoms with Gasteiger partial charge in [-0.25, -0.2) is 0 Å². The number of ether oxygens (including phenoxy) is 1. The highest BCUT2D eigenvalue weighted by atomic mass is 16.5. The topological polar surface area (TPSA) is 78.8 Å². The maximum Gasteiger partial charge on any atom is 0.224 e. The van der Waals surface area contributed by atoms with Crippen LogP contribution in [-0.4, -0.2) is 42.0 Å². The van der Waals surface area contributed by atoms with Crippen molar-refractivity contribution in [1.82, 2.24) is 5.32 Å². The number of hydrogen-bond donors (Lipinski definition) is 3. The molecule has 0 unspecified atom stereocenters. The molecule has 1 fully saturated rings. The molecule has 2 rings (SSSR count). The number of amides is 1. The summed E-state index contributed by atoms with van der Waals surface area (Å²) < 4.78 is 5.12. The van der Waals surface area contributed by atoms with Crippen molar-refractivity contribution in [2.75, 3.05) is 13.7 Å². The van der Waals surface area contributed by atoms with Crippen LogP contribution in [0.5, 0.6) is 5.75 Å². The van der Waals surface area contributed by atoms with Gasteiger partial charge in [0.1, 0.15) is 5.75 Å². The molecule has 1 aliphatic rings. The zero-order valence-corrected chi connectivity index (χ0v) is 11.6. The van der Waals surface area contributed by atoms with E-state index in [0.29, 0.717) is 12.8 Å². The van der Waals surface area contributed by atoms with Gasteiger partial charge in [0.15, 0.2) is 0 Å². The maximum absolute atomic E-state index is 12.0. The number of carbonyl (C=O) groups is 1. The van der Waals surface area contributed by atoms with Crippen LogP contribution in [-0.2, 0) is 11.2 Å². The summed E-state index contributed by atoms with van der Waals surface area (Å²) in [5, 5.41) is 21.7. The van der Waals surface area contributed by atoms with E-state index in [1.165, 1.54) is 0 Å². The van der Waals surface area contributed by atoms with Crippen molar-refractivity contribution in [3.8, 4) is 5.75 Å². The van der Waals surface area contributed by atoms with Crippen LogP contribution < -0.4 is 10.1 Å². The molecule has 1 aromatic rings. The molecule has 1 saturated carbocycles. The van der Waals surface area contributed by atoms with Gasteiger partial charge >= 0.3 is 0 Å². The first-order chi connectivity index (χ1) is 9.62. The van der Waals surface area contributed by atoms with E-state index in [-0.39, 0.29) is 30.9 Å². The number of aliphatic hydroxyl groups is 2. The van der Waals surface area contributed by atoms with Gasteiger partial charge in [0.25, 0.3) is 0 Å². The van der Waals surface area contributed by atoms with E-state index in [2.05, 4.69) is 5.32 Å². The van der Waals surface area contributed by atoms with Crippen LogP contribution in [0, 0.1) is 5.92 Å². The first kappa shape index (κ1) is 14.8. The maximum atomic E-state index is 12.0. The van der Waals surface area contributed by atoms with Crippen LogP contribution in [0.2, 0.25) is 0 Å². The van der Waals surface area contributed by atoms with Gasteiger partial charge in [-0.1, -0.05) is 12.1 Å². The largest absolute Gasteiger partial charge is 0.497 e. The van der Waals surface area contributed by atoms with Crippen LogP contribution in [0.4, 0.5) is 0 Å². The van der Waals surface area contributed by atoms with Gasteiger partial charge in [-0.3, -0.25) is 4.79 Å². The second-order valence-corrected chi connectivity index (χ2v) is 5.27. The molecule has 110 valence electrons. The number of hydrogen-bond acceptors (Lipinski definition) is 4. The summed E-state index contributed by atoms with van der Waals surface area (Å²) in [5.41, 5.74) is 0.888. The summed E-state index contributed by atoms with van der Waals surface area (Å²) in [5.74, 6) is 0.526. The molecule has 5 heteroatoms. The first-order valence-electron chi connectivity index (χ1n) is 6.83. The highest BCUT2D eigenvalue weighted by molar-refractivity contribution is 5.79. The Kier molecular flexibility index (Phi) is 4.98. The molecule has 0 heterocycles. The minimum atomic E-state index is -0.526. The van der Waals surface area contributed by atoms with Crippen molar-refractivity contribution < 1.29 is 19.7 Å². The fourth-order valence-corrected chi connectivity index (χ4v) is 2.66. The molecular weight excluding hydrogens is 258 g/mol. The van der Waals surface area contributed by atoms with E-state index < -0.39 is 6.10 Å². The van der Waals surface area contributed by atoms with Crippen LogP contribution in [0.15, 0.2) is 24.3 Å². The Balaban J connectivity index is 1.86. The zero-order chi connectivity index (χ0) is 14.5. The Morgan fingerprint density at radius 3 is 2.90 bits per heavy atom. The van der Waals surface area contributed by atoms with Gasteiger partial charge in [-0.2, -0.15) is 0 Å². The average molecular weight is 279 g/mol. The van der Waals surface area contributed by atoms with E-state index in [1.807, 2.05) is 24.3 Å². The Bertz CT molecular complexity index is 463. The lowest BCUT2D eigenvalue weighted by Crippen LogP contribution is -2.34. The van der Waals surface area contributed by atoms with Crippen molar-refractivity contribution in [3.05, 3.63) is 29.8 Å². The Morgan fingerprint density at radius 2 is 2.25 bits per heavy atom. The summed E-state index contributed by atoms with van der Waals surface area (Å²) in [7, 11) is 1.59. The molecule has 1 aromatic carbocycles. The molecule has 0 saturated heterocycles. The van der Waals surface area contributed by atoms with Crippen molar-refractivity contribution in [2.24, 2.45) is 5.92 Å². The Morgan fingerprint density at radius 1 is 1.45 bits per heavy atom. The average Bonchev–Trinajstić information content (AvgIpc) is 2.78. The molecule has 5 nitrogen and oxygen atoms in total. The van der Waals surface area contributed by atoms with E-state index in [4.69, 9.17) is 9.84 Å². The molecular formula is C15H21NO4. The molecule has 0 spiro atoms. The lowest BCUT2D eigenvalue weighted by Gasteiger charge is -2.12. The number of aliphatic hydroxyl groups excluding tert-OH is 2. The lowest BCUT2D eigenvalue weighted by molar-refractivity contribution is -0.121. The third kappa shape index (κ3) is 3.71. The second kappa shape index (κ2) is 6.72. The van der Waals surface area contributed by atoms with Crippen LogP contribution in [0.1, 0.15) is 18.4 Å². The highest BCUT2D eigenvalue weighted by Gasteiger charge is 2.33. The summed E-state index contributed by atoms with van der Waals surface area (Å²) in [6, 6.07) is 7.34. The molecule has 0 aromatic heterocycles. The van der Waals surface area contributed by atoms with Gasteiger partial charge in [-0.05, 0) is 30.5 Å². The minimum Gasteiger partial charge on any atom is -0.497 e. The number of methoxy groups -OCH3 is 1. The minimum absolute atomic E-state index is 0.0383. The fourth-order valence-electron chi connectivity index (χ4n) is 2.66. The van der Waals surface area contributed by atoms with Crippen LogP contribution in [0.25, 0.3) is 0 Å². The quantitative estimate of drug-likeness (QED) is 0.733. The predicted octanol–water partition coefficient (Wildman–Crippen LogP) is 0.486. The van der Waals surface area contributed by atoms with Gasteiger partial charge in [0.2, 0.25) is 5.91 Å². The molecule has 3 N–H and O–H groups in total. The van der Waals surface area contributed by atoms with E-state index in [1.54, 1.807) is 7.11 Å². The van der Waals surface area contributed by atoms with Gasteiger partial charge in [-0.15, -0.1) is 0 Å². The van der Waals surface area contributed by atoms with Crippen molar-refractivity contribution in [1.29, 1.82) is 0 Å². The first-order valence-corrected chi connectivity index (χ1v) is 6.83. The fraction of sp³-hybridized carbons (Fsp3) is 0.533. The van der Waals surface area contributed by atoms with Gasteiger partial charge < -0.3 is 20.3 Å². The molecule has 0 aliphatic heterocycles. The molecule has 1 amide bonds. The van der Waals surface area contributed by atoms with E-state index in [0.717, 1.165) is 11.3 Å². The third-order valence-electron chi connectivity index (χ3n) is 3.76. The van der Waals surface area contributed by atoms with Crippen molar-refractivity contribution >= 4 is 5.91 Å². The lowest BCUT2D eigenvalue weighted by atomic mass is 10.1. The molecule has 0 bridgehead atoms. The standard InChI is InChI=1S/C15H21NO4/c1-20-13-4-2-3-10(5-13)6-15(19)16-12-7-11(9-17)14(18)8-12/h2-5,11-12,14,17-18H,6-9H2,1H3,(H,16,19)/t11-,12-,14+/m0/s1. The number of carbonyl (C=O) groups excluding carboxylic acids is 1. The van der Waals surface area contributed by atoms with Crippen molar-refractivity contribution in [2.45, 2.75) is 31.4 Å². The third-order valence-corrected chi connectivity index (χ3v) is 3.76. The number of rotatable bonds is 5. The highest BCUT2D eigenvalue weighted by Crippen LogP contribution is 2.25. The Hall–Kier alpha value is -1.59. The number of benzene rings is 1. The summed E-state index contributed by atoms with van der Waals surface area (Å²) in [6.07, 6.45) is 0.895. The van der Waals surface area contributed by atoms with Gasteiger partial charge in [0.05, 0.1) is 19.6 Å². The molecule has 1 aliphatic carbocycles.